The molecular formula is C37H44N6O7. The van der Waals surface area contributed by atoms with Crippen molar-refractivity contribution in [3.63, 3.8) is 0 Å². The molecule has 264 valence electrons. The second-order valence-electron chi connectivity index (χ2n) is 13.1. The number of ether oxygens (including phenoxy) is 2. The summed E-state index contributed by atoms with van der Waals surface area (Å²) in [4.78, 5) is 20.8. The third-order valence-corrected chi connectivity index (χ3v) is 9.45. The molecule has 0 bridgehead atoms. The molecule has 13 heteroatoms. The zero-order valence-electron chi connectivity index (χ0n) is 28.1. The van der Waals surface area contributed by atoms with Gasteiger partial charge in [0.1, 0.15) is 43.0 Å². The number of amides is 1. The highest BCUT2D eigenvalue weighted by atomic mass is 16.5. The summed E-state index contributed by atoms with van der Waals surface area (Å²) in [6, 6.07) is 22.6. The molecule has 3 heterocycles. The summed E-state index contributed by atoms with van der Waals surface area (Å²) in [6.07, 6.45) is -0.950. The molecule has 13 nitrogen and oxygen atoms in total. The predicted octanol–water partition coefficient (Wildman–Crippen LogP) is 3.05. The average molecular weight is 685 g/mol. The SMILES string of the molecule is CC(C)(c1ccc(OCCCNc2ccc3c(c2)C(O)N(C2CCC(O)NC2O)C3O)cc1)c1ccc(OCc2ccnc(C(N)=O)n2)cc1. The van der Waals surface area contributed by atoms with Gasteiger partial charge >= 0.3 is 0 Å². The van der Waals surface area contributed by atoms with Crippen molar-refractivity contribution in [3.05, 3.63) is 113 Å². The van der Waals surface area contributed by atoms with Crippen LogP contribution in [0.1, 0.15) is 84.1 Å². The van der Waals surface area contributed by atoms with Crippen molar-refractivity contribution in [2.75, 3.05) is 18.5 Å². The third kappa shape index (κ3) is 7.73. The molecule has 6 rings (SSSR count). The first-order chi connectivity index (χ1) is 24.0. The van der Waals surface area contributed by atoms with Crippen LogP contribution in [0, 0.1) is 0 Å². The normalized spacial score (nSPS) is 22.2. The van der Waals surface area contributed by atoms with Crippen molar-refractivity contribution in [1.82, 2.24) is 20.2 Å². The summed E-state index contributed by atoms with van der Waals surface area (Å²) < 4.78 is 11.9. The second kappa shape index (κ2) is 15.1. The molecule has 1 fully saturated rings. The van der Waals surface area contributed by atoms with Crippen molar-refractivity contribution in [2.45, 2.75) is 76.1 Å². The minimum absolute atomic E-state index is 0.0416. The third-order valence-electron chi connectivity index (χ3n) is 9.45. The largest absolute Gasteiger partial charge is 0.494 e. The number of anilines is 1. The van der Waals surface area contributed by atoms with Gasteiger partial charge in [0.2, 0.25) is 5.82 Å². The molecule has 8 N–H and O–H groups in total. The number of nitrogens with one attached hydrogen (secondary N) is 2. The number of rotatable bonds is 13. The first-order valence-corrected chi connectivity index (χ1v) is 16.7. The van der Waals surface area contributed by atoms with Crippen molar-refractivity contribution in [3.8, 4) is 11.5 Å². The summed E-state index contributed by atoms with van der Waals surface area (Å²) >= 11 is 0. The molecule has 2 aliphatic heterocycles. The predicted molar refractivity (Wildman–Crippen MR) is 185 cm³/mol. The standard InChI is InChI=1S/C37H44N6O7/c1-37(2,23-6-11-27(12-7-23)50-21-25-16-18-40-33(41-25)32(38)45)22-4-9-26(10-5-22)49-19-3-17-39-24-8-13-28-29(20-24)36(48)43(35(28)47)30-14-15-31(44)42-34(30)46/h4-13,16,18,20,30-31,34-36,39,42,44,46-48H,3,14-15,17,19,21H2,1-2H3,(H2,38,45). The van der Waals surface area contributed by atoms with Gasteiger partial charge in [0.25, 0.3) is 5.91 Å². The second-order valence-corrected chi connectivity index (χ2v) is 13.1. The van der Waals surface area contributed by atoms with Crippen LogP contribution in [0.5, 0.6) is 11.5 Å². The molecule has 1 saturated heterocycles. The lowest BCUT2D eigenvalue weighted by molar-refractivity contribution is -0.159. The summed E-state index contributed by atoms with van der Waals surface area (Å²) in [5.41, 5.74) is 9.80. The van der Waals surface area contributed by atoms with E-state index in [2.05, 4.69) is 46.6 Å². The Labute approximate surface area is 290 Å². The smallest absolute Gasteiger partial charge is 0.286 e. The van der Waals surface area contributed by atoms with Gasteiger partial charge in [-0.05, 0) is 72.9 Å². The first kappa shape index (κ1) is 35.2. The van der Waals surface area contributed by atoms with E-state index in [0.717, 1.165) is 29.0 Å². The Kier molecular flexibility index (Phi) is 10.6. The van der Waals surface area contributed by atoms with Crippen molar-refractivity contribution >= 4 is 11.6 Å². The molecule has 0 aliphatic carbocycles. The van der Waals surface area contributed by atoms with Crippen molar-refractivity contribution in [2.24, 2.45) is 5.73 Å². The van der Waals surface area contributed by atoms with Gasteiger partial charge in [-0.15, -0.1) is 0 Å². The number of primary amides is 1. The lowest BCUT2D eigenvalue weighted by Crippen LogP contribution is -2.57. The summed E-state index contributed by atoms with van der Waals surface area (Å²) in [6.45, 7) is 5.66. The summed E-state index contributed by atoms with van der Waals surface area (Å²) in [7, 11) is 0. The number of aliphatic hydroxyl groups is 4. The van der Waals surface area contributed by atoms with Crippen LogP contribution < -0.4 is 25.8 Å². The van der Waals surface area contributed by atoms with Crippen LogP contribution in [-0.4, -0.2) is 72.9 Å². The van der Waals surface area contributed by atoms with E-state index in [1.54, 1.807) is 12.1 Å². The lowest BCUT2D eigenvalue weighted by atomic mass is 9.78. The van der Waals surface area contributed by atoms with Gasteiger partial charge in [-0.3, -0.25) is 10.1 Å². The number of aromatic nitrogens is 2. The van der Waals surface area contributed by atoms with Crippen LogP contribution >= 0.6 is 0 Å². The van der Waals surface area contributed by atoms with Crippen LogP contribution in [0.15, 0.2) is 79.0 Å². The maximum Gasteiger partial charge on any atom is 0.286 e. The van der Waals surface area contributed by atoms with Crippen LogP contribution in [0.2, 0.25) is 0 Å². The molecule has 0 saturated carbocycles. The monoisotopic (exact) mass is 684 g/mol. The van der Waals surface area contributed by atoms with E-state index in [-0.39, 0.29) is 17.8 Å². The lowest BCUT2D eigenvalue weighted by Gasteiger charge is -2.40. The van der Waals surface area contributed by atoms with Gasteiger partial charge in [-0.25, -0.2) is 14.9 Å². The molecule has 5 unspecified atom stereocenters. The number of aliphatic hydroxyl groups excluding tert-OH is 4. The van der Waals surface area contributed by atoms with Crippen LogP contribution in [0.4, 0.5) is 5.69 Å². The maximum absolute atomic E-state index is 11.3. The number of nitrogens with two attached hydrogens (primary N) is 1. The molecule has 1 amide bonds. The Morgan fingerprint density at radius 3 is 2.24 bits per heavy atom. The number of carbonyl (C=O) groups excluding carboxylic acids is 1. The summed E-state index contributed by atoms with van der Waals surface area (Å²) in [5.74, 6) is 0.729. The Balaban J connectivity index is 0.959. The minimum Gasteiger partial charge on any atom is -0.494 e. The van der Waals surface area contributed by atoms with Gasteiger partial charge in [-0.2, -0.15) is 0 Å². The van der Waals surface area contributed by atoms with Gasteiger partial charge in [0.15, 0.2) is 0 Å². The topological polar surface area (TPSA) is 196 Å². The van der Waals surface area contributed by atoms with E-state index in [4.69, 9.17) is 15.2 Å². The molecule has 5 atom stereocenters. The molecule has 0 spiro atoms. The number of hydrogen-bond acceptors (Lipinski definition) is 12. The molecule has 3 aromatic carbocycles. The van der Waals surface area contributed by atoms with Gasteiger partial charge in [-0.1, -0.05) is 44.2 Å². The van der Waals surface area contributed by atoms with Gasteiger partial charge < -0.3 is 41.0 Å². The quantitative estimate of drug-likeness (QED) is 0.102. The van der Waals surface area contributed by atoms with E-state index in [0.29, 0.717) is 48.6 Å². The number of nitrogens with zero attached hydrogens (tertiary/aromatic N) is 3. The molecule has 50 heavy (non-hydrogen) atoms. The number of carbonyl (C=O) groups is 1. The Hall–Kier alpha value is -4.63. The molecule has 0 radical (unpaired) electrons. The Morgan fingerprint density at radius 2 is 1.58 bits per heavy atom. The van der Waals surface area contributed by atoms with E-state index in [9.17, 15) is 25.2 Å². The zero-order valence-corrected chi connectivity index (χ0v) is 28.1. The van der Waals surface area contributed by atoms with E-state index in [1.165, 1.54) is 11.1 Å². The van der Waals surface area contributed by atoms with E-state index < -0.39 is 36.9 Å². The Morgan fingerprint density at radius 1 is 0.920 bits per heavy atom. The molecule has 2 aliphatic rings. The average Bonchev–Trinajstić information content (AvgIpc) is 3.36. The highest BCUT2D eigenvalue weighted by Crippen LogP contribution is 2.43. The first-order valence-electron chi connectivity index (χ1n) is 16.7. The van der Waals surface area contributed by atoms with Crippen molar-refractivity contribution < 1.29 is 34.7 Å². The van der Waals surface area contributed by atoms with Crippen LogP contribution in [0.25, 0.3) is 0 Å². The zero-order chi connectivity index (χ0) is 35.4. The number of piperidine rings is 1. The highest BCUT2D eigenvalue weighted by Gasteiger charge is 2.44. The van der Waals surface area contributed by atoms with Gasteiger partial charge in [0.05, 0.1) is 18.3 Å². The van der Waals surface area contributed by atoms with Crippen molar-refractivity contribution in [1.29, 1.82) is 0 Å². The molecule has 4 aromatic rings. The maximum atomic E-state index is 11.3. The Bertz CT molecular complexity index is 1770. The highest BCUT2D eigenvalue weighted by molar-refractivity contribution is 5.88. The van der Waals surface area contributed by atoms with Gasteiger partial charge in [0, 0.05) is 35.0 Å². The van der Waals surface area contributed by atoms with E-state index >= 15 is 0 Å². The fraction of sp³-hybridized carbons (Fsp3) is 0.378. The van der Waals surface area contributed by atoms with Crippen LogP contribution in [0.3, 0.4) is 0 Å². The van der Waals surface area contributed by atoms with E-state index in [1.807, 2.05) is 48.5 Å². The minimum atomic E-state index is -1.08. The van der Waals surface area contributed by atoms with Crippen LogP contribution in [-0.2, 0) is 12.0 Å². The molecular weight excluding hydrogens is 640 g/mol. The molecule has 1 aromatic heterocycles. The fourth-order valence-corrected chi connectivity index (χ4v) is 6.50. The number of benzene rings is 3. The summed E-state index contributed by atoms with van der Waals surface area (Å²) in [5, 5.41) is 48.1. The fourth-order valence-electron chi connectivity index (χ4n) is 6.50. The number of fused-ring (bicyclic) bond motifs is 1. The number of hydrogen-bond donors (Lipinski definition) is 7.